The molecule has 0 N–H and O–H groups in total. The Morgan fingerprint density at radius 2 is 1.33 bits per heavy atom. The van der Waals surface area contributed by atoms with Gasteiger partial charge < -0.3 is 9.47 Å². The molecular weight excluding hydrogens is 228 g/mol. The Kier molecular flexibility index (Phi) is 2.61. The third kappa shape index (κ3) is 1.52. The van der Waals surface area contributed by atoms with Crippen molar-refractivity contribution < 1.29 is 14.3 Å². The molecule has 0 unspecified atom stereocenters. The molecule has 1 fully saturated rings. The first-order chi connectivity index (χ1) is 8.84. The number of ether oxygens (including phenoxy) is 2. The molecule has 1 aliphatic heterocycles. The molecule has 18 heavy (non-hydrogen) atoms. The van der Waals surface area contributed by atoms with Crippen LogP contribution in [0.3, 0.4) is 0 Å². The van der Waals surface area contributed by atoms with E-state index in [0.717, 1.165) is 11.1 Å². The maximum absolute atomic E-state index is 12.1. The molecule has 2 aromatic rings. The van der Waals surface area contributed by atoms with Crippen molar-refractivity contribution in [1.29, 1.82) is 0 Å². The van der Waals surface area contributed by atoms with Crippen LogP contribution in [0.15, 0.2) is 60.7 Å². The second-order valence-corrected chi connectivity index (χ2v) is 4.11. The second-order valence-electron chi connectivity index (χ2n) is 4.11. The largest absolute Gasteiger partial charge is 0.436 e. The van der Waals surface area contributed by atoms with Gasteiger partial charge in [0.05, 0.1) is 0 Å². The molecular formula is C15H12O3. The first-order valence-corrected chi connectivity index (χ1v) is 5.76. The molecule has 0 saturated carbocycles. The lowest BCUT2D eigenvalue weighted by atomic mass is 9.86. The van der Waals surface area contributed by atoms with Crippen LogP contribution in [-0.4, -0.2) is 12.8 Å². The van der Waals surface area contributed by atoms with Crippen LogP contribution in [0.1, 0.15) is 11.1 Å². The number of carbonyl (C=O) groups excluding carboxylic acids is 1. The van der Waals surface area contributed by atoms with Gasteiger partial charge in [0.1, 0.15) is 0 Å². The highest BCUT2D eigenvalue weighted by atomic mass is 16.7. The SMILES string of the molecule is O=C1OCOC1(c1ccccc1)c1ccccc1. The normalized spacial score (nSPS) is 17.4. The Morgan fingerprint density at radius 3 is 1.72 bits per heavy atom. The fourth-order valence-electron chi connectivity index (χ4n) is 2.25. The minimum absolute atomic E-state index is 0.0113. The van der Waals surface area contributed by atoms with Crippen LogP contribution in [0.4, 0.5) is 0 Å². The van der Waals surface area contributed by atoms with Crippen molar-refractivity contribution in [3.8, 4) is 0 Å². The summed E-state index contributed by atoms with van der Waals surface area (Å²) in [6, 6.07) is 18.8. The average Bonchev–Trinajstić information content (AvgIpc) is 2.84. The number of hydrogen-bond donors (Lipinski definition) is 0. The van der Waals surface area contributed by atoms with Crippen molar-refractivity contribution in [3.05, 3.63) is 71.8 Å². The molecule has 0 aromatic heterocycles. The summed E-state index contributed by atoms with van der Waals surface area (Å²) in [5.41, 5.74) is 0.458. The van der Waals surface area contributed by atoms with Crippen LogP contribution in [0.2, 0.25) is 0 Å². The molecule has 90 valence electrons. The van der Waals surface area contributed by atoms with E-state index in [-0.39, 0.29) is 12.8 Å². The molecule has 2 aromatic carbocycles. The molecule has 3 nitrogen and oxygen atoms in total. The molecule has 0 aliphatic carbocycles. The highest BCUT2D eigenvalue weighted by Gasteiger charge is 2.49. The minimum Gasteiger partial charge on any atom is -0.436 e. The lowest BCUT2D eigenvalue weighted by Crippen LogP contribution is -2.34. The molecule has 3 rings (SSSR count). The summed E-state index contributed by atoms with van der Waals surface area (Å²) in [5, 5.41) is 0. The van der Waals surface area contributed by atoms with Gasteiger partial charge in [0, 0.05) is 0 Å². The Balaban J connectivity index is 2.20. The second kappa shape index (κ2) is 4.27. The predicted molar refractivity (Wildman–Crippen MR) is 65.7 cm³/mol. The maximum Gasteiger partial charge on any atom is 0.350 e. The number of rotatable bonds is 2. The smallest absolute Gasteiger partial charge is 0.350 e. The number of hydrogen-bond acceptors (Lipinski definition) is 3. The summed E-state index contributed by atoms with van der Waals surface area (Å²) in [5.74, 6) is -0.361. The van der Waals surface area contributed by atoms with E-state index >= 15 is 0 Å². The number of carbonyl (C=O) groups is 1. The van der Waals surface area contributed by atoms with E-state index in [2.05, 4.69) is 0 Å². The quantitative estimate of drug-likeness (QED) is 0.756. The highest BCUT2D eigenvalue weighted by Crippen LogP contribution is 2.38. The molecule has 1 aliphatic rings. The van der Waals surface area contributed by atoms with Crippen molar-refractivity contribution >= 4 is 5.97 Å². The van der Waals surface area contributed by atoms with Gasteiger partial charge in [0.15, 0.2) is 6.79 Å². The molecule has 0 amide bonds. The van der Waals surface area contributed by atoms with Gasteiger partial charge in [-0.25, -0.2) is 4.79 Å². The molecule has 3 heteroatoms. The highest BCUT2D eigenvalue weighted by molar-refractivity contribution is 5.86. The zero-order valence-electron chi connectivity index (χ0n) is 9.71. The molecule has 0 bridgehead atoms. The first-order valence-electron chi connectivity index (χ1n) is 5.76. The topological polar surface area (TPSA) is 35.5 Å². The van der Waals surface area contributed by atoms with E-state index in [4.69, 9.17) is 9.47 Å². The van der Waals surface area contributed by atoms with E-state index < -0.39 is 5.60 Å². The van der Waals surface area contributed by atoms with Crippen LogP contribution in [0.5, 0.6) is 0 Å². The summed E-state index contributed by atoms with van der Waals surface area (Å²) < 4.78 is 10.7. The van der Waals surface area contributed by atoms with Crippen LogP contribution >= 0.6 is 0 Å². The lowest BCUT2D eigenvalue weighted by Gasteiger charge is -2.24. The Hall–Kier alpha value is -2.13. The Labute approximate surface area is 105 Å². The molecule has 0 spiro atoms. The maximum atomic E-state index is 12.1. The van der Waals surface area contributed by atoms with Crippen LogP contribution in [-0.2, 0) is 19.9 Å². The molecule has 0 atom stereocenters. The standard InChI is InChI=1S/C15H12O3/c16-14-15(18-11-17-14,12-7-3-1-4-8-12)13-9-5-2-6-10-13/h1-10H,11H2. The summed E-state index contributed by atoms with van der Waals surface area (Å²) in [4.78, 5) is 12.1. The monoisotopic (exact) mass is 240 g/mol. The fourth-order valence-corrected chi connectivity index (χ4v) is 2.25. The Morgan fingerprint density at radius 1 is 0.833 bits per heavy atom. The van der Waals surface area contributed by atoms with Crippen LogP contribution in [0.25, 0.3) is 0 Å². The fraction of sp³-hybridized carbons (Fsp3) is 0.133. The van der Waals surface area contributed by atoms with Crippen molar-refractivity contribution in [2.45, 2.75) is 5.60 Å². The van der Waals surface area contributed by atoms with Crippen molar-refractivity contribution in [2.24, 2.45) is 0 Å². The Bertz CT molecular complexity index is 509. The van der Waals surface area contributed by atoms with Crippen LogP contribution < -0.4 is 0 Å². The summed E-state index contributed by atoms with van der Waals surface area (Å²) >= 11 is 0. The van der Waals surface area contributed by atoms with Gasteiger partial charge in [-0.3, -0.25) is 0 Å². The molecule has 1 saturated heterocycles. The van der Waals surface area contributed by atoms with Gasteiger partial charge in [-0.1, -0.05) is 60.7 Å². The van der Waals surface area contributed by atoms with Gasteiger partial charge in [-0.2, -0.15) is 0 Å². The van der Waals surface area contributed by atoms with Crippen LogP contribution in [0, 0.1) is 0 Å². The third-order valence-electron chi connectivity index (χ3n) is 3.11. The minimum atomic E-state index is -1.12. The van der Waals surface area contributed by atoms with Crippen molar-refractivity contribution in [1.82, 2.24) is 0 Å². The summed E-state index contributed by atoms with van der Waals surface area (Å²) in [6.07, 6.45) is 0. The van der Waals surface area contributed by atoms with E-state index in [1.54, 1.807) is 0 Å². The van der Waals surface area contributed by atoms with E-state index in [1.165, 1.54) is 0 Å². The molecule has 0 radical (unpaired) electrons. The zero-order chi connectivity index (χ0) is 12.4. The van der Waals surface area contributed by atoms with E-state index in [1.807, 2.05) is 60.7 Å². The van der Waals surface area contributed by atoms with E-state index in [9.17, 15) is 4.79 Å². The van der Waals surface area contributed by atoms with Gasteiger partial charge in [0.25, 0.3) is 0 Å². The summed E-state index contributed by atoms with van der Waals surface area (Å²) in [7, 11) is 0. The first kappa shape index (κ1) is 11.0. The summed E-state index contributed by atoms with van der Waals surface area (Å²) in [6.45, 7) is -0.0113. The van der Waals surface area contributed by atoms with Gasteiger partial charge in [-0.15, -0.1) is 0 Å². The molecule has 1 heterocycles. The lowest BCUT2D eigenvalue weighted by molar-refractivity contribution is -0.142. The average molecular weight is 240 g/mol. The van der Waals surface area contributed by atoms with E-state index in [0.29, 0.717) is 0 Å². The van der Waals surface area contributed by atoms with Crippen molar-refractivity contribution in [3.63, 3.8) is 0 Å². The third-order valence-corrected chi connectivity index (χ3v) is 3.11. The number of benzene rings is 2. The number of esters is 1. The van der Waals surface area contributed by atoms with Gasteiger partial charge in [-0.05, 0) is 11.1 Å². The van der Waals surface area contributed by atoms with Gasteiger partial charge >= 0.3 is 5.97 Å². The predicted octanol–water partition coefficient (Wildman–Crippen LogP) is 2.46. The zero-order valence-corrected chi connectivity index (χ0v) is 9.71. The number of cyclic esters (lactones) is 1. The van der Waals surface area contributed by atoms with Gasteiger partial charge in [0.2, 0.25) is 5.60 Å². The van der Waals surface area contributed by atoms with Crippen molar-refractivity contribution in [2.75, 3.05) is 6.79 Å².